The average Bonchev–Trinajstić information content (AvgIpc) is 2.93. The largest absolute Gasteiger partial charge is 0.483 e. The van der Waals surface area contributed by atoms with E-state index in [0.717, 1.165) is 19.3 Å². The van der Waals surface area contributed by atoms with Crippen molar-refractivity contribution in [3.63, 3.8) is 0 Å². The number of methoxy groups -OCH3 is 2. The molecule has 0 spiro atoms. The molecule has 2 aliphatic heterocycles. The summed E-state index contributed by atoms with van der Waals surface area (Å²) in [5.74, 6) is 0.234. The molecule has 0 aromatic heterocycles. The highest BCUT2D eigenvalue weighted by atomic mass is 16.7. The number of piperidine rings is 1. The molecule has 2 heterocycles. The van der Waals surface area contributed by atoms with Gasteiger partial charge in [-0.25, -0.2) is 0 Å². The van der Waals surface area contributed by atoms with Gasteiger partial charge in [-0.2, -0.15) is 0 Å². The number of Topliss-reactive ketones (excluding diaryl/α,β-unsaturated/α-hetero) is 1. The molecule has 38 heavy (non-hydrogen) atoms. The van der Waals surface area contributed by atoms with Gasteiger partial charge in [-0.05, 0) is 44.7 Å². The maximum absolute atomic E-state index is 12.7. The second kappa shape index (κ2) is 17.7. The summed E-state index contributed by atoms with van der Waals surface area (Å²) >= 11 is 0. The Labute approximate surface area is 225 Å². The molecule has 214 valence electrons. The number of likely N-dealkylation sites (tertiary alicyclic amines) is 1. The third-order valence-electron chi connectivity index (χ3n) is 6.23. The van der Waals surface area contributed by atoms with Crippen molar-refractivity contribution >= 4 is 17.6 Å². The fourth-order valence-corrected chi connectivity index (χ4v) is 4.18. The summed E-state index contributed by atoms with van der Waals surface area (Å²) in [4.78, 5) is 38.9. The van der Waals surface area contributed by atoms with E-state index in [1.165, 1.54) is 6.92 Å². The number of carbonyl (C=O) groups is 3. The van der Waals surface area contributed by atoms with Gasteiger partial charge in [0.15, 0.2) is 18.7 Å². The number of carbonyl (C=O) groups excluding carboxylic acids is 3. The zero-order chi connectivity index (χ0) is 27.8. The number of nitrogens with two attached hydrogens (primary N) is 1. The number of amides is 2. The van der Waals surface area contributed by atoms with Gasteiger partial charge in [-0.3, -0.25) is 14.4 Å². The molecule has 2 saturated heterocycles. The van der Waals surface area contributed by atoms with Crippen LogP contribution in [0.1, 0.15) is 49.4 Å². The van der Waals surface area contributed by atoms with Crippen molar-refractivity contribution in [2.75, 3.05) is 66.8 Å². The summed E-state index contributed by atoms with van der Waals surface area (Å²) in [6.07, 6.45) is 3.60. The Kier molecular flexibility index (Phi) is 14.7. The van der Waals surface area contributed by atoms with Crippen molar-refractivity contribution in [1.82, 2.24) is 10.2 Å². The summed E-state index contributed by atoms with van der Waals surface area (Å²) < 4.78 is 26.8. The minimum Gasteiger partial charge on any atom is -0.483 e. The molecule has 3 N–H and O–H groups in total. The summed E-state index contributed by atoms with van der Waals surface area (Å²) in [5.41, 5.74) is 5.33. The Balaban J connectivity index is 0.000000926. The second-order valence-electron chi connectivity index (χ2n) is 9.11. The number of ether oxygens (including phenoxy) is 5. The maximum Gasteiger partial charge on any atom is 0.260 e. The Morgan fingerprint density at radius 1 is 1.05 bits per heavy atom. The summed E-state index contributed by atoms with van der Waals surface area (Å²) in [5, 5.41) is 2.85. The van der Waals surface area contributed by atoms with Crippen LogP contribution in [0, 0.1) is 5.92 Å². The normalized spacial score (nSPS) is 17.7. The SMILES string of the molecule is COCCN.COCCNC(=O)C1CCN(C(=O)COc2cccc(OC3CCCCO3)c2C(C)=O)CC1. The lowest BCUT2D eigenvalue weighted by atomic mass is 9.96. The highest BCUT2D eigenvalue weighted by Crippen LogP contribution is 2.31. The summed E-state index contributed by atoms with van der Waals surface area (Å²) in [7, 11) is 3.22. The molecule has 2 aliphatic rings. The predicted octanol–water partition coefficient (Wildman–Crippen LogP) is 1.77. The highest BCUT2D eigenvalue weighted by Gasteiger charge is 2.28. The number of hydrogen-bond donors (Lipinski definition) is 2. The Bertz CT molecular complexity index is 866. The van der Waals surface area contributed by atoms with E-state index in [-0.39, 0.29) is 36.4 Å². The molecule has 0 aliphatic carbocycles. The van der Waals surface area contributed by atoms with Gasteiger partial charge in [-0.1, -0.05) is 6.07 Å². The van der Waals surface area contributed by atoms with Gasteiger partial charge < -0.3 is 39.6 Å². The molecule has 1 aromatic rings. The molecule has 0 saturated carbocycles. The maximum atomic E-state index is 12.7. The van der Waals surface area contributed by atoms with Gasteiger partial charge in [0.25, 0.3) is 5.91 Å². The van der Waals surface area contributed by atoms with Crippen LogP contribution < -0.4 is 20.5 Å². The lowest BCUT2D eigenvalue weighted by molar-refractivity contribution is -0.137. The number of nitrogens with zero attached hydrogens (tertiary/aromatic N) is 1. The second-order valence-corrected chi connectivity index (χ2v) is 9.11. The van der Waals surface area contributed by atoms with Crippen LogP contribution in [0.15, 0.2) is 18.2 Å². The van der Waals surface area contributed by atoms with Crippen LogP contribution in [0.25, 0.3) is 0 Å². The minimum atomic E-state index is -0.387. The third kappa shape index (κ3) is 10.6. The zero-order valence-corrected chi connectivity index (χ0v) is 22.9. The van der Waals surface area contributed by atoms with Crippen molar-refractivity contribution in [2.24, 2.45) is 11.7 Å². The van der Waals surface area contributed by atoms with Crippen LogP contribution in [-0.2, 0) is 23.8 Å². The number of ketones is 1. The van der Waals surface area contributed by atoms with E-state index >= 15 is 0 Å². The molecule has 3 rings (SSSR count). The molecule has 2 fully saturated rings. The standard InChI is InChI=1S/C24H34N2O7.C3H9NO/c1-17(27)23-19(6-5-7-20(23)33-22-8-3-4-14-31-22)32-16-21(28)26-12-9-18(10-13-26)24(29)25-11-15-30-2;1-5-3-2-4/h5-7,18,22H,3-4,8-16H2,1-2H3,(H,25,29);2-4H2,1H3. The lowest BCUT2D eigenvalue weighted by Gasteiger charge is -2.31. The molecule has 0 radical (unpaired) electrons. The average molecular weight is 538 g/mol. The first-order valence-corrected chi connectivity index (χ1v) is 13.2. The van der Waals surface area contributed by atoms with E-state index in [0.29, 0.717) is 75.9 Å². The molecule has 1 unspecified atom stereocenters. The van der Waals surface area contributed by atoms with Crippen LogP contribution in [0.2, 0.25) is 0 Å². The van der Waals surface area contributed by atoms with Gasteiger partial charge in [0.2, 0.25) is 5.91 Å². The van der Waals surface area contributed by atoms with E-state index in [4.69, 9.17) is 24.7 Å². The number of benzene rings is 1. The van der Waals surface area contributed by atoms with Gasteiger partial charge >= 0.3 is 0 Å². The topological polar surface area (TPSA) is 139 Å². The van der Waals surface area contributed by atoms with Crippen LogP contribution in [0.5, 0.6) is 11.5 Å². The monoisotopic (exact) mass is 537 g/mol. The van der Waals surface area contributed by atoms with E-state index in [1.54, 1.807) is 37.3 Å². The van der Waals surface area contributed by atoms with Gasteiger partial charge in [0.1, 0.15) is 17.1 Å². The van der Waals surface area contributed by atoms with E-state index in [2.05, 4.69) is 10.1 Å². The molecular formula is C27H43N3O8. The van der Waals surface area contributed by atoms with Crippen LogP contribution in [0.3, 0.4) is 0 Å². The van der Waals surface area contributed by atoms with Crippen molar-refractivity contribution in [1.29, 1.82) is 0 Å². The van der Waals surface area contributed by atoms with E-state index < -0.39 is 0 Å². The van der Waals surface area contributed by atoms with Gasteiger partial charge in [-0.15, -0.1) is 0 Å². The quantitative estimate of drug-likeness (QED) is 0.302. The molecule has 0 bridgehead atoms. The molecule has 11 heteroatoms. The first-order chi connectivity index (χ1) is 18.4. The molecule has 11 nitrogen and oxygen atoms in total. The van der Waals surface area contributed by atoms with Crippen LogP contribution >= 0.6 is 0 Å². The van der Waals surface area contributed by atoms with Gasteiger partial charge in [0, 0.05) is 52.7 Å². The predicted molar refractivity (Wildman–Crippen MR) is 141 cm³/mol. The van der Waals surface area contributed by atoms with Crippen molar-refractivity contribution in [3.05, 3.63) is 23.8 Å². The zero-order valence-electron chi connectivity index (χ0n) is 22.9. The van der Waals surface area contributed by atoms with E-state index in [9.17, 15) is 14.4 Å². The first kappa shape index (κ1) is 31.5. The van der Waals surface area contributed by atoms with Gasteiger partial charge in [0.05, 0.1) is 19.8 Å². The smallest absolute Gasteiger partial charge is 0.260 e. The Morgan fingerprint density at radius 3 is 2.34 bits per heavy atom. The lowest BCUT2D eigenvalue weighted by Crippen LogP contribution is -2.45. The molecule has 1 atom stereocenters. The van der Waals surface area contributed by atoms with Crippen molar-refractivity contribution in [2.45, 2.75) is 45.3 Å². The minimum absolute atomic E-state index is 0.000240. The number of hydrogen-bond acceptors (Lipinski definition) is 9. The fourth-order valence-electron chi connectivity index (χ4n) is 4.18. The van der Waals surface area contributed by atoms with Crippen molar-refractivity contribution in [3.8, 4) is 11.5 Å². The fraction of sp³-hybridized carbons (Fsp3) is 0.667. The van der Waals surface area contributed by atoms with Crippen molar-refractivity contribution < 1.29 is 38.1 Å². The van der Waals surface area contributed by atoms with Crippen LogP contribution in [0.4, 0.5) is 0 Å². The Hall–Kier alpha value is -2.73. The molecule has 1 aromatic carbocycles. The number of nitrogens with one attached hydrogen (secondary N) is 1. The molecular weight excluding hydrogens is 494 g/mol. The first-order valence-electron chi connectivity index (χ1n) is 13.2. The van der Waals surface area contributed by atoms with Crippen LogP contribution in [-0.4, -0.2) is 95.6 Å². The highest BCUT2D eigenvalue weighted by molar-refractivity contribution is 5.99. The third-order valence-corrected chi connectivity index (χ3v) is 6.23. The molecule has 2 amide bonds. The summed E-state index contributed by atoms with van der Waals surface area (Å²) in [6, 6.07) is 5.11. The summed E-state index contributed by atoms with van der Waals surface area (Å²) in [6.45, 7) is 5.12. The Morgan fingerprint density at radius 2 is 1.76 bits per heavy atom. The van der Waals surface area contributed by atoms with E-state index in [1.807, 2.05) is 0 Å². The number of rotatable bonds is 12.